The molecule has 0 aliphatic heterocycles. The highest BCUT2D eigenvalue weighted by Gasteiger charge is 2.31. The second-order valence-corrected chi connectivity index (χ2v) is 8.01. The van der Waals surface area contributed by atoms with E-state index in [4.69, 9.17) is 4.74 Å². The third kappa shape index (κ3) is 5.62. The van der Waals surface area contributed by atoms with Gasteiger partial charge in [-0.05, 0) is 62.1 Å². The van der Waals surface area contributed by atoms with Crippen molar-refractivity contribution in [3.05, 3.63) is 29.8 Å². The van der Waals surface area contributed by atoms with Crippen molar-refractivity contribution in [2.75, 3.05) is 7.11 Å². The summed E-state index contributed by atoms with van der Waals surface area (Å²) in [6.07, 6.45) is 5.62. The average molecular weight is 373 g/mol. The number of carbonyl (C=O) groups is 2. The molecular weight excluding hydrogens is 342 g/mol. The predicted molar refractivity (Wildman–Crippen MR) is 104 cm³/mol. The number of urea groups is 1. The van der Waals surface area contributed by atoms with Gasteiger partial charge in [-0.3, -0.25) is 4.79 Å². The highest BCUT2D eigenvalue weighted by molar-refractivity contribution is 5.79. The van der Waals surface area contributed by atoms with Crippen molar-refractivity contribution in [2.24, 2.45) is 11.8 Å². The highest BCUT2D eigenvalue weighted by atomic mass is 16.5. The molecule has 1 aromatic rings. The Morgan fingerprint density at radius 1 is 1.00 bits per heavy atom. The fourth-order valence-electron chi connectivity index (χ4n) is 4.00. The summed E-state index contributed by atoms with van der Waals surface area (Å²) < 4.78 is 5.13. The van der Waals surface area contributed by atoms with Gasteiger partial charge in [-0.25, -0.2) is 4.79 Å². The normalized spacial score (nSPS) is 27.2. The molecule has 3 N–H and O–H groups in total. The average Bonchev–Trinajstić information content (AvgIpc) is 2.66. The summed E-state index contributed by atoms with van der Waals surface area (Å²) in [7, 11) is 1.63. The van der Waals surface area contributed by atoms with E-state index in [1.165, 1.54) is 0 Å². The molecule has 148 valence electrons. The van der Waals surface area contributed by atoms with Crippen LogP contribution in [0.25, 0.3) is 0 Å². The van der Waals surface area contributed by atoms with Crippen LogP contribution in [0.5, 0.6) is 5.75 Å². The quantitative estimate of drug-likeness (QED) is 0.717. The van der Waals surface area contributed by atoms with E-state index >= 15 is 0 Å². The number of carbonyl (C=O) groups excluding carboxylic acids is 2. The summed E-state index contributed by atoms with van der Waals surface area (Å²) in [5.74, 6) is 1.85. The van der Waals surface area contributed by atoms with Crippen molar-refractivity contribution < 1.29 is 14.3 Å². The van der Waals surface area contributed by atoms with Crippen molar-refractivity contribution in [2.45, 2.75) is 64.1 Å². The van der Waals surface area contributed by atoms with E-state index in [0.29, 0.717) is 12.6 Å². The minimum absolute atomic E-state index is 0.0984. The molecule has 3 amide bonds. The number of rotatable bonds is 6. The monoisotopic (exact) mass is 373 g/mol. The minimum Gasteiger partial charge on any atom is -0.497 e. The van der Waals surface area contributed by atoms with Crippen LogP contribution in [0.3, 0.4) is 0 Å². The van der Waals surface area contributed by atoms with Crippen LogP contribution in [0.1, 0.15) is 51.0 Å². The second-order valence-electron chi connectivity index (χ2n) is 8.01. The Morgan fingerprint density at radius 3 is 2.26 bits per heavy atom. The van der Waals surface area contributed by atoms with Gasteiger partial charge in [0.15, 0.2) is 0 Å². The van der Waals surface area contributed by atoms with Crippen molar-refractivity contribution >= 4 is 11.9 Å². The molecule has 0 bridgehead atoms. The lowest BCUT2D eigenvalue weighted by Crippen LogP contribution is -2.48. The zero-order valence-corrected chi connectivity index (χ0v) is 16.3. The number of methoxy groups -OCH3 is 1. The van der Waals surface area contributed by atoms with E-state index in [1.54, 1.807) is 7.11 Å². The predicted octanol–water partition coefficient (Wildman–Crippen LogP) is 2.97. The van der Waals surface area contributed by atoms with Crippen molar-refractivity contribution in [3.63, 3.8) is 0 Å². The molecule has 27 heavy (non-hydrogen) atoms. The number of amides is 3. The van der Waals surface area contributed by atoms with Gasteiger partial charge in [0.1, 0.15) is 5.75 Å². The number of hydrogen-bond acceptors (Lipinski definition) is 3. The maximum Gasteiger partial charge on any atom is 0.315 e. The summed E-state index contributed by atoms with van der Waals surface area (Å²) in [5, 5.41) is 9.10. The Labute approximate surface area is 161 Å². The first-order valence-corrected chi connectivity index (χ1v) is 10.0. The van der Waals surface area contributed by atoms with E-state index in [9.17, 15) is 9.59 Å². The maximum atomic E-state index is 12.3. The standard InChI is InChI=1S/C21H31N3O3/c1-14-11-18(12-14)23-20(25)16-5-7-17(8-6-16)24-21(26)22-13-15-3-9-19(27-2)10-4-15/h3-4,9-10,14,16-18H,5-8,11-13H2,1-2H3,(H,23,25)(H2,22,24,26)/t14-,16?,17?,18-. The van der Waals surface area contributed by atoms with Crippen LogP contribution in [-0.2, 0) is 11.3 Å². The molecule has 6 nitrogen and oxygen atoms in total. The van der Waals surface area contributed by atoms with E-state index in [-0.39, 0.29) is 23.9 Å². The first kappa shape index (κ1) is 19.5. The van der Waals surface area contributed by atoms with Crippen molar-refractivity contribution in [1.29, 1.82) is 0 Å². The van der Waals surface area contributed by atoms with Gasteiger partial charge in [0.05, 0.1) is 7.11 Å². The Bertz CT molecular complexity index is 633. The highest BCUT2D eigenvalue weighted by Crippen LogP contribution is 2.29. The lowest BCUT2D eigenvalue weighted by molar-refractivity contribution is -0.127. The zero-order chi connectivity index (χ0) is 19.2. The van der Waals surface area contributed by atoms with Gasteiger partial charge in [0.25, 0.3) is 0 Å². The number of hydrogen-bond donors (Lipinski definition) is 3. The van der Waals surface area contributed by atoms with Crippen LogP contribution in [0, 0.1) is 11.8 Å². The topological polar surface area (TPSA) is 79.5 Å². The van der Waals surface area contributed by atoms with Gasteiger partial charge in [-0.1, -0.05) is 19.1 Å². The van der Waals surface area contributed by atoms with Crippen LogP contribution in [-0.4, -0.2) is 31.1 Å². The molecule has 0 atom stereocenters. The number of nitrogens with one attached hydrogen (secondary N) is 3. The first-order chi connectivity index (χ1) is 13.0. The Balaban J connectivity index is 1.33. The molecule has 0 saturated heterocycles. The lowest BCUT2D eigenvalue weighted by Gasteiger charge is -2.35. The smallest absolute Gasteiger partial charge is 0.315 e. The fraction of sp³-hybridized carbons (Fsp3) is 0.619. The van der Waals surface area contributed by atoms with E-state index in [1.807, 2.05) is 24.3 Å². The summed E-state index contributed by atoms with van der Waals surface area (Å²) in [5.41, 5.74) is 1.02. The van der Waals surface area contributed by atoms with Gasteiger partial charge < -0.3 is 20.7 Å². The molecule has 0 aromatic heterocycles. The van der Waals surface area contributed by atoms with Gasteiger partial charge in [-0.2, -0.15) is 0 Å². The Morgan fingerprint density at radius 2 is 1.67 bits per heavy atom. The lowest BCUT2D eigenvalue weighted by atomic mass is 9.80. The second kappa shape index (κ2) is 9.11. The third-order valence-corrected chi connectivity index (χ3v) is 5.77. The molecule has 0 spiro atoms. The molecule has 2 aliphatic carbocycles. The van der Waals surface area contributed by atoms with Crippen LogP contribution in [0.15, 0.2) is 24.3 Å². The Hall–Kier alpha value is -2.24. The van der Waals surface area contributed by atoms with E-state index < -0.39 is 0 Å². The fourth-order valence-corrected chi connectivity index (χ4v) is 4.00. The van der Waals surface area contributed by atoms with Crippen molar-refractivity contribution in [1.82, 2.24) is 16.0 Å². The van der Waals surface area contributed by atoms with Crippen LogP contribution in [0.4, 0.5) is 4.79 Å². The van der Waals surface area contributed by atoms with Gasteiger partial charge >= 0.3 is 6.03 Å². The van der Waals surface area contributed by atoms with Crippen molar-refractivity contribution in [3.8, 4) is 5.75 Å². The van der Waals surface area contributed by atoms with Crippen LogP contribution in [0.2, 0.25) is 0 Å². The van der Waals surface area contributed by atoms with Gasteiger partial charge in [0, 0.05) is 24.5 Å². The molecule has 2 aliphatic rings. The van der Waals surface area contributed by atoms with Crippen LogP contribution >= 0.6 is 0 Å². The largest absolute Gasteiger partial charge is 0.497 e. The molecule has 0 unspecified atom stereocenters. The third-order valence-electron chi connectivity index (χ3n) is 5.77. The number of benzene rings is 1. The molecule has 3 rings (SSSR count). The SMILES string of the molecule is COc1ccc(CNC(=O)NC2CCC(C(=O)N[C@H]3C[C@H](C)C3)CC2)cc1. The number of ether oxygens (including phenoxy) is 1. The Kier molecular flexibility index (Phi) is 6.58. The van der Waals surface area contributed by atoms with Gasteiger partial charge in [0.2, 0.25) is 5.91 Å². The van der Waals surface area contributed by atoms with E-state index in [2.05, 4.69) is 22.9 Å². The molecule has 6 heteroatoms. The minimum atomic E-state index is -0.151. The molecule has 2 saturated carbocycles. The first-order valence-electron chi connectivity index (χ1n) is 10.0. The molecule has 0 heterocycles. The summed E-state index contributed by atoms with van der Waals surface area (Å²) in [4.78, 5) is 24.4. The zero-order valence-electron chi connectivity index (χ0n) is 16.3. The maximum absolute atomic E-state index is 12.3. The molecular formula is C21H31N3O3. The van der Waals surface area contributed by atoms with E-state index in [0.717, 1.165) is 55.8 Å². The summed E-state index contributed by atoms with van der Waals surface area (Å²) in [6.45, 7) is 2.70. The molecule has 2 fully saturated rings. The molecule has 0 radical (unpaired) electrons. The molecule has 1 aromatic carbocycles. The van der Waals surface area contributed by atoms with Crippen LogP contribution < -0.4 is 20.7 Å². The summed E-state index contributed by atoms with van der Waals surface area (Å²) in [6, 6.07) is 8.01. The summed E-state index contributed by atoms with van der Waals surface area (Å²) >= 11 is 0. The van der Waals surface area contributed by atoms with Gasteiger partial charge in [-0.15, -0.1) is 0 Å².